The zero-order valence-corrected chi connectivity index (χ0v) is 14.9. The molecule has 23 heavy (non-hydrogen) atoms. The van der Waals surface area contributed by atoms with Gasteiger partial charge in [0.25, 0.3) is 0 Å². The fourth-order valence-corrected chi connectivity index (χ4v) is 2.84. The van der Waals surface area contributed by atoms with Crippen molar-refractivity contribution in [2.75, 3.05) is 25.9 Å². The first-order valence-electron chi connectivity index (χ1n) is 7.86. The number of nitrogens with zero attached hydrogens (tertiary/aromatic N) is 1. The van der Waals surface area contributed by atoms with E-state index in [4.69, 9.17) is 6.42 Å². The van der Waals surface area contributed by atoms with Gasteiger partial charge in [0.05, 0.1) is 12.2 Å². The molecule has 1 aromatic carbocycles. The van der Waals surface area contributed by atoms with E-state index < -0.39 is 0 Å². The van der Waals surface area contributed by atoms with E-state index in [0.717, 1.165) is 18.8 Å². The molecule has 0 bridgehead atoms. The Balaban J connectivity index is 2.18. The molecule has 122 valence electrons. The number of hydrazine groups is 1. The van der Waals surface area contributed by atoms with Gasteiger partial charge in [-0.15, -0.1) is 18.2 Å². The molecule has 1 aliphatic heterocycles. The monoisotopic (exact) mass is 327 g/mol. The number of thioether (sulfide) groups is 1. The van der Waals surface area contributed by atoms with Crippen molar-refractivity contribution in [3.05, 3.63) is 47.7 Å². The molecule has 0 unspecified atom stereocenters. The summed E-state index contributed by atoms with van der Waals surface area (Å²) >= 11 is 1.76. The Morgan fingerprint density at radius 1 is 1.30 bits per heavy atom. The van der Waals surface area contributed by atoms with Crippen molar-refractivity contribution in [3.63, 3.8) is 0 Å². The second kappa shape index (κ2) is 8.71. The lowest BCUT2D eigenvalue weighted by Crippen LogP contribution is -2.38. The van der Waals surface area contributed by atoms with E-state index in [9.17, 15) is 0 Å². The Kier molecular flexibility index (Phi) is 6.64. The summed E-state index contributed by atoms with van der Waals surface area (Å²) in [6.07, 6.45) is 11.7. The van der Waals surface area contributed by atoms with Crippen molar-refractivity contribution < 1.29 is 0 Å². The van der Waals surface area contributed by atoms with E-state index in [2.05, 4.69) is 78.3 Å². The van der Waals surface area contributed by atoms with E-state index in [1.807, 2.05) is 0 Å². The minimum atomic E-state index is 0.580. The predicted molar refractivity (Wildman–Crippen MR) is 101 cm³/mol. The van der Waals surface area contributed by atoms with Crippen LogP contribution in [0.25, 0.3) is 5.70 Å². The highest BCUT2D eigenvalue weighted by molar-refractivity contribution is 7.98. The van der Waals surface area contributed by atoms with Crippen LogP contribution in [-0.4, -0.2) is 30.9 Å². The quantitative estimate of drug-likeness (QED) is 0.456. The van der Waals surface area contributed by atoms with E-state index in [1.165, 1.54) is 16.0 Å². The highest BCUT2D eigenvalue weighted by Crippen LogP contribution is 2.22. The molecule has 0 aromatic heterocycles. The molecule has 0 saturated heterocycles. The van der Waals surface area contributed by atoms with Gasteiger partial charge in [0, 0.05) is 24.2 Å². The van der Waals surface area contributed by atoms with Gasteiger partial charge in [0.2, 0.25) is 0 Å². The first-order valence-corrected chi connectivity index (χ1v) is 9.09. The molecule has 0 amide bonds. The Bertz CT molecular complexity index is 608. The largest absolute Gasteiger partial charge is 0.302 e. The average Bonchev–Trinajstić information content (AvgIpc) is 2.54. The molecule has 4 heteroatoms. The molecule has 0 aliphatic carbocycles. The third-order valence-corrected chi connectivity index (χ3v) is 4.18. The highest BCUT2D eigenvalue weighted by Gasteiger charge is 2.13. The van der Waals surface area contributed by atoms with Crippen LogP contribution >= 0.6 is 11.8 Å². The SMILES string of the molecule is C#CCNCC1=CN(CC(C)C)NC(c2ccc(SC)cc2)=C1. The molecule has 1 heterocycles. The van der Waals surface area contributed by atoms with Crippen molar-refractivity contribution in [3.8, 4) is 12.3 Å². The number of rotatable bonds is 7. The van der Waals surface area contributed by atoms with Crippen LogP contribution in [0.1, 0.15) is 19.4 Å². The summed E-state index contributed by atoms with van der Waals surface area (Å²) in [6.45, 7) is 6.75. The highest BCUT2D eigenvalue weighted by atomic mass is 32.2. The van der Waals surface area contributed by atoms with Crippen LogP contribution in [0.15, 0.2) is 47.0 Å². The normalized spacial score (nSPS) is 14.1. The molecule has 0 atom stereocenters. The van der Waals surface area contributed by atoms with E-state index >= 15 is 0 Å². The first kappa shape index (κ1) is 17.5. The van der Waals surface area contributed by atoms with Crippen molar-refractivity contribution in [1.82, 2.24) is 15.8 Å². The van der Waals surface area contributed by atoms with Gasteiger partial charge in [-0.25, -0.2) is 0 Å². The number of benzene rings is 1. The summed E-state index contributed by atoms with van der Waals surface area (Å²) < 4.78 is 0. The van der Waals surface area contributed by atoms with E-state index in [1.54, 1.807) is 11.8 Å². The minimum absolute atomic E-state index is 0.580. The Morgan fingerprint density at radius 3 is 2.65 bits per heavy atom. The van der Waals surface area contributed by atoms with Crippen LogP contribution in [0.5, 0.6) is 0 Å². The average molecular weight is 327 g/mol. The number of terminal acetylenes is 1. The van der Waals surface area contributed by atoms with E-state index in [-0.39, 0.29) is 0 Å². The molecule has 2 N–H and O–H groups in total. The lowest BCUT2D eigenvalue weighted by molar-refractivity contribution is 0.281. The Hall–Kier alpha value is -1.83. The fourth-order valence-electron chi connectivity index (χ4n) is 2.43. The van der Waals surface area contributed by atoms with Crippen molar-refractivity contribution in [1.29, 1.82) is 0 Å². The molecule has 2 rings (SSSR count). The second-order valence-corrected chi connectivity index (χ2v) is 6.84. The van der Waals surface area contributed by atoms with Crippen LogP contribution in [0.3, 0.4) is 0 Å². The summed E-state index contributed by atoms with van der Waals surface area (Å²) in [4.78, 5) is 1.27. The van der Waals surface area contributed by atoms with Gasteiger partial charge >= 0.3 is 0 Å². The predicted octanol–water partition coefficient (Wildman–Crippen LogP) is 3.33. The van der Waals surface area contributed by atoms with Crippen LogP contribution in [-0.2, 0) is 0 Å². The van der Waals surface area contributed by atoms with Crippen molar-refractivity contribution in [2.45, 2.75) is 18.7 Å². The van der Waals surface area contributed by atoms with Crippen LogP contribution < -0.4 is 10.7 Å². The smallest absolute Gasteiger partial charge is 0.0618 e. The number of hydrogen-bond acceptors (Lipinski definition) is 4. The van der Waals surface area contributed by atoms with Crippen molar-refractivity contribution >= 4 is 17.5 Å². The third kappa shape index (κ3) is 5.38. The van der Waals surface area contributed by atoms with Gasteiger partial charge in [-0.1, -0.05) is 31.9 Å². The topological polar surface area (TPSA) is 27.3 Å². The standard InChI is InChI=1S/C19H25N3S/c1-5-10-20-12-16-11-19(21-22(14-16)13-15(2)3)17-6-8-18(23-4)9-7-17/h1,6-9,11,14-15,20-21H,10,12-13H2,2-4H3. The molecular weight excluding hydrogens is 302 g/mol. The molecule has 1 aliphatic rings. The zero-order valence-electron chi connectivity index (χ0n) is 14.1. The lowest BCUT2D eigenvalue weighted by Gasteiger charge is -2.30. The maximum atomic E-state index is 5.31. The molecule has 3 nitrogen and oxygen atoms in total. The number of nitrogens with one attached hydrogen (secondary N) is 2. The minimum Gasteiger partial charge on any atom is -0.302 e. The Morgan fingerprint density at radius 2 is 2.04 bits per heavy atom. The summed E-state index contributed by atoms with van der Waals surface area (Å²) in [7, 11) is 0. The van der Waals surface area contributed by atoms with Crippen LogP contribution in [0, 0.1) is 18.3 Å². The molecule has 1 aromatic rings. The third-order valence-electron chi connectivity index (χ3n) is 3.43. The van der Waals surface area contributed by atoms with Gasteiger partial charge in [-0.05, 0) is 41.5 Å². The van der Waals surface area contributed by atoms with Gasteiger partial charge < -0.3 is 5.32 Å². The van der Waals surface area contributed by atoms with Gasteiger partial charge in [-0.3, -0.25) is 10.4 Å². The maximum Gasteiger partial charge on any atom is 0.0618 e. The summed E-state index contributed by atoms with van der Waals surface area (Å²) in [5.74, 6) is 3.20. The maximum absolute atomic E-state index is 5.31. The van der Waals surface area contributed by atoms with E-state index in [0.29, 0.717) is 12.5 Å². The summed E-state index contributed by atoms with van der Waals surface area (Å²) in [6, 6.07) is 8.64. The van der Waals surface area contributed by atoms with Crippen molar-refractivity contribution in [2.24, 2.45) is 5.92 Å². The van der Waals surface area contributed by atoms with Gasteiger partial charge in [0.15, 0.2) is 0 Å². The van der Waals surface area contributed by atoms with Gasteiger partial charge in [-0.2, -0.15) is 0 Å². The fraction of sp³-hybridized carbons (Fsp3) is 0.368. The molecule has 0 radical (unpaired) electrons. The first-order chi connectivity index (χ1) is 11.1. The zero-order chi connectivity index (χ0) is 16.7. The van der Waals surface area contributed by atoms with Crippen LogP contribution in [0.2, 0.25) is 0 Å². The van der Waals surface area contributed by atoms with Crippen LogP contribution in [0.4, 0.5) is 0 Å². The Labute approximate surface area is 144 Å². The second-order valence-electron chi connectivity index (χ2n) is 5.96. The summed E-state index contributed by atoms with van der Waals surface area (Å²) in [5, 5.41) is 5.42. The van der Waals surface area contributed by atoms with Gasteiger partial charge in [0.1, 0.15) is 0 Å². The molecule has 0 fully saturated rings. The molecule has 0 saturated carbocycles. The summed E-state index contributed by atoms with van der Waals surface area (Å²) in [5.41, 5.74) is 7.04. The molecular formula is C19H25N3S. The lowest BCUT2D eigenvalue weighted by atomic mass is 10.1. The number of hydrogen-bond donors (Lipinski definition) is 2. The molecule has 0 spiro atoms.